The van der Waals surface area contributed by atoms with Crippen molar-refractivity contribution < 1.29 is 0 Å². The molecule has 44 heavy (non-hydrogen) atoms. The Hall–Kier alpha value is -6.34. The lowest BCUT2D eigenvalue weighted by atomic mass is 10.1. The zero-order chi connectivity index (χ0) is 30.5. The average molecular weight is 567 g/mol. The fraction of sp³-hybridized carbons (Fsp3) is 0.105. The van der Waals surface area contributed by atoms with Crippen molar-refractivity contribution in [2.24, 2.45) is 0 Å². The minimum Gasteiger partial charge on any atom is -0.378 e. The minimum atomic E-state index is 0.424. The Labute approximate surface area is 256 Å². The van der Waals surface area contributed by atoms with Gasteiger partial charge in [-0.15, -0.1) is 0 Å². The third kappa shape index (κ3) is 5.84. The van der Waals surface area contributed by atoms with Gasteiger partial charge in [-0.3, -0.25) is 9.97 Å². The van der Waals surface area contributed by atoms with E-state index in [1.54, 1.807) is 12.4 Å². The first-order valence-electron chi connectivity index (χ1n) is 13.9. The van der Waals surface area contributed by atoms with Gasteiger partial charge in [0.05, 0.1) is 11.0 Å². The van der Waals surface area contributed by atoms with Gasteiger partial charge in [0.1, 0.15) is 22.4 Å². The molecule has 6 aromatic rings. The smallest absolute Gasteiger partial charge is 0.149 e. The Morgan fingerprint density at radius 3 is 1.23 bits per heavy atom. The molecule has 6 rings (SSSR count). The number of hydrogen-bond acceptors (Lipinski definition) is 6. The first-order chi connectivity index (χ1) is 21.5. The van der Waals surface area contributed by atoms with Crippen LogP contribution in [0.4, 0.5) is 11.4 Å². The predicted octanol–water partition coefficient (Wildman–Crippen LogP) is 5.66. The highest BCUT2D eigenvalue weighted by Crippen LogP contribution is 2.31. The monoisotopic (exact) mass is 566 g/mol. The van der Waals surface area contributed by atoms with E-state index in [0.717, 1.165) is 44.3 Å². The molecule has 0 N–H and O–H groups in total. The van der Waals surface area contributed by atoms with Crippen LogP contribution in [0.15, 0.2) is 85.2 Å². The third-order valence-corrected chi connectivity index (χ3v) is 6.91. The van der Waals surface area contributed by atoms with Crippen LogP contribution in [0.3, 0.4) is 0 Å². The van der Waals surface area contributed by atoms with E-state index in [1.165, 1.54) is 0 Å². The van der Waals surface area contributed by atoms with Crippen LogP contribution in [-0.2, 0) is 0 Å². The molecule has 3 heterocycles. The highest BCUT2D eigenvalue weighted by atomic mass is 15.1. The van der Waals surface area contributed by atoms with E-state index >= 15 is 0 Å². The molecule has 0 bridgehead atoms. The van der Waals surface area contributed by atoms with Crippen LogP contribution in [0.5, 0.6) is 0 Å². The van der Waals surface area contributed by atoms with Gasteiger partial charge >= 0.3 is 0 Å². The van der Waals surface area contributed by atoms with Gasteiger partial charge in [0.25, 0.3) is 0 Å². The Bertz CT molecular complexity index is 2120. The summed E-state index contributed by atoms with van der Waals surface area (Å²) < 4.78 is 0. The van der Waals surface area contributed by atoms with Gasteiger partial charge < -0.3 is 9.80 Å². The largest absolute Gasteiger partial charge is 0.378 e. The van der Waals surface area contributed by atoms with Crippen LogP contribution in [0.1, 0.15) is 22.5 Å². The van der Waals surface area contributed by atoms with Gasteiger partial charge in [-0.2, -0.15) is 0 Å². The maximum atomic E-state index is 4.96. The van der Waals surface area contributed by atoms with Crippen molar-refractivity contribution in [3.8, 4) is 47.4 Å². The van der Waals surface area contributed by atoms with Gasteiger partial charge in [-0.05, 0) is 108 Å². The van der Waals surface area contributed by atoms with E-state index in [-0.39, 0.29) is 0 Å². The van der Waals surface area contributed by atoms with Gasteiger partial charge in [-0.25, -0.2) is 9.97 Å². The summed E-state index contributed by atoms with van der Waals surface area (Å²) in [6, 6.07) is 23.7. The second kappa shape index (κ2) is 12.3. The Morgan fingerprint density at radius 1 is 0.455 bits per heavy atom. The van der Waals surface area contributed by atoms with E-state index in [1.807, 2.05) is 111 Å². The molecule has 0 aliphatic carbocycles. The van der Waals surface area contributed by atoms with Gasteiger partial charge in [0, 0.05) is 73.9 Å². The molecule has 0 atom stereocenters. The maximum absolute atomic E-state index is 4.96. The number of benzene rings is 3. The molecular weight excluding hydrogens is 540 g/mol. The summed E-state index contributed by atoms with van der Waals surface area (Å²) in [7, 11) is 8.02. The van der Waals surface area contributed by atoms with Crippen LogP contribution in [0.2, 0.25) is 0 Å². The lowest BCUT2D eigenvalue weighted by Crippen LogP contribution is -2.07. The van der Waals surface area contributed by atoms with Crippen LogP contribution < -0.4 is 9.80 Å². The maximum Gasteiger partial charge on any atom is 0.149 e. The number of hydrogen-bond donors (Lipinski definition) is 0. The molecule has 6 heteroatoms. The SMILES string of the molecule is CN(C)c1ccc(C#CC#Cc2nc3c4cccnc4c4ncccc4c3nc2C#CC#Cc2ccc(N(C)C)cc2)cc1. The van der Waals surface area contributed by atoms with Crippen molar-refractivity contribution in [3.05, 3.63) is 108 Å². The molecule has 0 fully saturated rings. The lowest BCUT2D eigenvalue weighted by Gasteiger charge is -2.11. The molecule has 0 saturated carbocycles. The van der Waals surface area contributed by atoms with Gasteiger partial charge in [0.15, 0.2) is 0 Å². The van der Waals surface area contributed by atoms with Crippen LogP contribution in [0.25, 0.3) is 32.8 Å². The van der Waals surface area contributed by atoms with Crippen LogP contribution in [-0.4, -0.2) is 48.1 Å². The van der Waals surface area contributed by atoms with Crippen molar-refractivity contribution in [2.45, 2.75) is 0 Å². The van der Waals surface area contributed by atoms with E-state index < -0.39 is 0 Å². The van der Waals surface area contributed by atoms with Gasteiger partial charge in [0.2, 0.25) is 0 Å². The quantitative estimate of drug-likeness (QED) is 0.199. The molecule has 0 spiro atoms. The highest BCUT2D eigenvalue weighted by molar-refractivity contribution is 6.20. The molecular formula is C38H26N6. The topological polar surface area (TPSA) is 58.0 Å². The summed E-state index contributed by atoms with van der Waals surface area (Å²) in [6.07, 6.45) is 3.51. The van der Waals surface area contributed by atoms with E-state index in [9.17, 15) is 0 Å². The van der Waals surface area contributed by atoms with Crippen molar-refractivity contribution in [3.63, 3.8) is 0 Å². The normalized spacial score (nSPS) is 10.0. The molecule has 0 amide bonds. The summed E-state index contributed by atoms with van der Waals surface area (Å²) in [5.41, 5.74) is 7.69. The Kier molecular flexibility index (Phi) is 7.75. The highest BCUT2D eigenvalue weighted by Gasteiger charge is 2.15. The minimum absolute atomic E-state index is 0.424. The third-order valence-electron chi connectivity index (χ3n) is 6.91. The summed E-state index contributed by atoms with van der Waals surface area (Å²) in [4.78, 5) is 23.2. The molecule has 3 aromatic carbocycles. The summed E-state index contributed by atoms with van der Waals surface area (Å²) in [5.74, 6) is 24.2. The summed E-state index contributed by atoms with van der Waals surface area (Å²) in [5, 5.41) is 1.69. The number of pyridine rings is 2. The first kappa shape index (κ1) is 27.8. The lowest BCUT2D eigenvalue weighted by molar-refractivity contribution is 1.13. The predicted molar refractivity (Wildman–Crippen MR) is 179 cm³/mol. The fourth-order valence-corrected chi connectivity index (χ4v) is 4.63. The van der Waals surface area contributed by atoms with E-state index in [4.69, 9.17) is 9.97 Å². The van der Waals surface area contributed by atoms with Crippen LogP contribution in [0, 0.1) is 47.4 Å². The van der Waals surface area contributed by atoms with Crippen molar-refractivity contribution in [1.29, 1.82) is 0 Å². The van der Waals surface area contributed by atoms with E-state index in [2.05, 4.69) is 57.3 Å². The molecule has 0 saturated heterocycles. The zero-order valence-corrected chi connectivity index (χ0v) is 24.8. The molecule has 0 aliphatic heterocycles. The fourth-order valence-electron chi connectivity index (χ4n) is 4.63. The van der Waals surface area contributed by atoms with Crippen molar-refractivity contribution in [1.82, 2.24) is 19.9 Å². The molecule has 0 aliphatic rings. The van der Waals surface area contributed by atoms with E-state index in [0.29, 0.717) is 22.4 Å². The summed E-state index contributed by atoms with van der Waals surface area (Å²) >= 11 is 0. The Morgan fingerprint density at radius 2 is 0.841 bits per heavy atom. The number of rotatable bonds is 2. The summed E-state index contributed by atoms with van der Waals surface area (Å²) in [6.45, 7) is 0. The number of anilines is 2. The number of nitrogens with zero attached hydrogens (tertiary/aromatic N) is 6. The second-order valence-corrected chi connectivity index (χ2v) is 10.3. The Balaban J connectivity index is 1.45. The molecule has 3 aromatic heterocycles. The molecule has 208 valence electrons. The number of fused-ring (bicyclic) bond motifs is 6. The molecule has 0 unspecified atom stereocenters. The standard InChI is InChI=1S/C38H26N6/c1-43(2)29-21-17-27(18-22-29)11-5-7-15-33-34(16-8-6-12-28-19-23-30(24-20-28)44(3)4)42-38-32-14-10-26-40-36(32)35-31(37(38)41-33)13-9-25-39-35/h9-10,13-14,17-26H,1-4H3. The molecule has 6 nitrogen and oxygen atoms in total. The number of aromatic nitrogens is 4. The average Bonchev–Trinajstić information content (AvgIpc) is 3.05. The van der Waals surface area contributed by atoms with Crippen LogP contribution >= 0.6 is 0 Å². The van der Waals surface area contributed by atoms with Gasteiger partial charge in [-0.1, -0.05) is 11.8 Å². The first-order valence-corrected chi connectivity index (χ1v) is 13.9. The molecule has 0 radical (unpaired) electrons. The zero-order valence-electron chi connectivity index (χ0n) is 24.8. The van der Waals surface area contributed by atoms with Crippen molar-refractivity contribution >= 4 is 44.2 Å². The second-order valence-electron chi connectivity index (χ2n) is 10.3. The van der Waals surface area contributed by atoms with Crippen molar-refractivity contribution in [2.75, 3.05) is 38.0 Å².